The Kier molecular flexibility index (Phi) is 7.62. The lowest BCUT2D eigenvalue weighted by molar-refractivity contribution is 0.304. The Morgan fingerprint density at radius 3 is 2.31 bits per heavy atom. The molecule has 0 unspecified atom stereocenters. The first kappa shape index (κ1) is 24.5. The highest BCUT2D eigenvalue weighted by Crippen LogP contribution is 2.34. The summed E-state index contributed by atoms with van der Waals surface area (Å²) in [6.07, 6.45) is 8.64. The van der Waals surface area contributed by atoms with E-state index in [1.165, 1.54) is 59.9 Å². The molecule has 0 atom stereocenters. The summed E-state index contributed by atoms with van der Waals surface area (Å²) in [6.45, 7) is 7.00. The fourth-order valence-corrected chi connectivity index (χ4v) is 5.86. The molecule has 0 radical (unpaired) electrons. The van der Waals surface area contributed by atoms with Crippen molar-refractivity contribution in [1.29, 1.82) is 0 Å². The molecule has 1 fully saturated rings. The lowest BCUT2D eigenvalue weighted by Crippen LogP contribution is -2.04. The molecule has 5 rings (SSSR count). The van der Waals surface area contributed by atoms with E-state index < -0.39 is 0 Å². The van der Waals surface area contributed by atoms with Gasteiger partial charge in [-0.05, 0) is 91.6 Å². The van der Waals surface area contributed by atoms with Gasteiger partial charge in [-0.25, -0.2) is 9.98 Å². The van der Waals surface area contributed by atoms with Crippen LogP contribution in [0.4, 0.5) is 5.13 Å². The third kappa shape index (κ3) is 5.93. The smallest absolute Gasteiger partial charge is 0.209 e. The minimum absolute atomic E-state index is 0.578. The van der Waals surface area contributed by atoms with Crippen molar-refractivity contribution < 1.29 is 4.74 Å². The maximum atomic E-state index is 6.06. The predicted molar refractivity (Wildman–Crippen MR) is 152 cm³/mol. The van der Waals surface area contributed by atoms with Crippen molar-refractivity contribution in [2.75, 3.05) is 0 Å². The molecule has 3 nitrogen and oxygen atoms in total. The summed E-state index contributed by atoms with van der Waals surface area (Å²) in [4.78, 5) is 9.35. The topological polar surface area (TPSA) is 34.5 Å². The van der Waals surface area contributed by atoms with Crippen LogP contribution in [0.3, 0.4) is 0 Å². The van der Waals surface area contributed by atoms with Crippen molar-refractivity contribution in [3.05, 3.63) is 99.4 Å². The summed E-state index contributed by atoms with van der Waals surface area (Å²) in [6, 6.07) is 21.5. The molecule has 0 N–H and O–H groups in total. The van der Waals surface area contributed by atoms with Crippen molar-refractivity contribution in [1.82, 2.24) is 4.98 Å². The molecule has 0 aliphatic heterocycles. The molecule has 1 aliphatic rings. The third-order valence-electron chi connectivity index (χ3n) is 7.20. The maximum absolute atomic E-state index is 6.06. The highest BCUT2D eigenvalue weighted by atomic mass is 32.1. The van der Waals surface area contributed by atoms with Gasteiger partial charge in [-0.2, -0.15) is 0 Å². The van der Waals surface area contributed by atoms with Gasteiger partial charge in [-0.3, -0.25) is 0 Å². The molecule has 36 heavy (non-hydrogen) atoms. The Morgan fingerprint density at radius 2 is 1.61 bits per heavy atom. The number of rotatable bonds is 7. The zero-order valence-corrected chi connectivity index (χ0v) is 22.3. The fraction of sp³-hybridized carbons (Fsp3) is 0.312. The van der Waals surface area contributed by atoms with Crippen LogP contribution in [0.15, 0.2) is 71.0 Å². The Bertz CT molecular complexity index is 1310. The second-order valence-electron chi connectivity index (χ2n) is 9.97. The number of thiazole rings is 1. The summed E-state index contributed by atoms with van der Waals surface area (Å²) in [7, 11) is 0. The van der Waals surface area contributed by atoms with Gasteiger partial charge in [0.1, 0.15) is 12.4 Å². The number of aryl methyl sites for hydroxylation is 3. The first-order chi connectivity index (χ1) is 17.5. The lowest BCUT2D eigenvalue weighted by atomic mass is 9.84. The first-order valence-electron chi connectivity index (χ1n) is 12.9. The van der Waals surface area contributed by atoms with E-state index in [-0.39, 0.29) is 0 Å². The van der Waals surface area contributed by atoms with Crippen molar-refractivity contribution in [3.8, 4) is 17.0 Å². The quantitative estimate of drug-likeness (QED) is 0.240. The second kappa shape index (κ2) is 11.2. The number of ether oxygens (including phenoxy) is 1. The molecule has 3 aromatic carbocycles. The van der Waals surface area contributed by atoms with Crippen LogP contribution in [0.2, 0.25) is 0 Å². The molecule has 1 saturated carbocycles. The summed E-state index contributed by atoms with van der Waals surface area (Å²) in [5.74, 6) is 1.59. The molecule has 1 aliphatic carbocycles. The van der Waals surface area contributed by atoms with Crippen molar-refractivity contribution in [3.63, 3.8) is 0 Å². The molecule has 1 heterocycles. The standard InChI is InChI=1S/C32H34N2OS/c1-22-17-23(2)30(24(3)18-22)20-35-29-15-9-25(10-16-29)19-33-32-34-31(21-36-32)28-13-11-27(12-14-28)26-7-5-4-6-8-26/h9-19,21,26H,4-8,20H2,1-3H3. The number of hydrogen-bond donors (Lipinski definition) is 0. The zero-order valence-electron chi connectivity index (χ0n) is 21.5. The number of benzene rings is 3. The number of aromatic nitrogens is 1. The van der Waals surface area contributed by atoms with E-state index in [2.05, 4.69) is 67.5 Å². The van der Waals surface area contributed by atoms with E-state index in [0.717, 1.165) is 33.6 Å². The number of hydrogen-bond acceptors (Lipinski definition) is 4. The number of nitrogens with zero attached hydrogens (tertiary/aromatic N) is 2. The van der Waals surface area contributed by atoms with Crippen LogP contribution < -0.4 is 4.74 Å². The van der Waals surface area contributed by atoms with E-state index in [0.29, 0.717) is 6.61 Å². The SMILES string of the molecule is Cc1cc(C)c(COc2ccc(C=Nc3nc(-c4ccc(C5CCCCC5)cc4)cs3)cc2)c(C)c1. The van der Waals surface area contributed by atoms with Gasteiger partial charge >= 0.3 is 0 Å². The van der Waals surface area contributed by atoms with Gasteiger partial charge in [0.15, 0.2) is 0 Å². The fourth-order valence-electron chi connectivity index (χ4n) is 5.19. The van der Waals surface area contributed by atoms with Gasteiger partial charge in [0.2, 0.25) is 5.13 Å². The van der Waals surface area contributed by atoms with Crippen molar-refractivity contribution >= 4 is 22.7 Å². The average molecular weight is 495 g/mol. The molecular formula is C32H34N2OS. The number of aliphatic imine (C=N–C) groups is 1. The average Bonchev–Trinajstić information content (AvgIpc) is 3.37. The van der Waals surface area contributed by atoms with Gasteiger partial charge < -0.3 is 4.74 Å². The highest BCUT2D eigenvalue weighted by Gasteiger charge is 2.15. The summed E-state index contributed by atoms with van der Waals surface area (Å²) < 4.78 is 6.06. The van der Waals surface area contributed by atoms with Crippen LogP contribution in [0.5, 0.6) is 5.75 Å². The molecule has 4 heteroatoms. The third-order valence-corrected chi connectivity index (χ3v) is 7.95. The van der Waals surface area contributed by atoms with E-state index in [1.807, 2.05) is 30.5 Å². The van der Waals surface area contributed by atoms with Crippen LogP contribution in [0.1, 0.15) is 71.4 Å². The Morgan fingerprint density at radius 1 is 0.917 bits per heavy atom. The van der Waals surface area contributed by atoms with Gasteiger partial charge in [-0.1, -0.05) is 61.2 Å². The summed E-state index contributed by atoms with van der Waals surface area (Å²) in [5.41, 5.74) is 9.76. The molecular weight excluding hydrogens is 460 g/mol. The van der Waals surface area contributed by atoms with Gasteiger partial charge in [0.25, 0.3) is 0 Å². The normalized spacial score (nSPS) is 14.4. The van der Waals surface area contributed by atoms with Crippen LogP contribution in [0.25, 0.3) is 11.3 Å². The summed E-state index contributed by atoms with van der Waals surface area (Å²) >= 11 is 1.57. The van der Waals surface area contributed by atoms with E-state index in [4.69, 9.17) is 9.72 Å². The predicted octanol–water partition coefficient (Wildman–Crippen LogP) is 9.11. The van der Waals surface area contributed by atoms with Gasteiger partial charge in [0.05, 0.1) is 5.69 Å². The minimum Gasteiger partial charge on any atom is -0.489 e. The van der Waals surface area contributed by atoms with E-state index in [9.17, 15) is 0 Å². The van der Waals surface area contributed by atoms with Gasteiger partial charge in [-0.15, -0.1) is 11.3 Å². The minimum atomic E-state index is 0.578. The molecule has 0 saturated heterocycles. The van der Waals surface area contributed by atoms with Crippen LogP contribution in [0, 0.1) is 20.8 Å². The maximum Gasteiger partial charge on any atom is 0.209 e. The van der Waals surface area contributed by atoms with Crippen LogP contribution >= 0.6 is 11.3 Å². The first-order valence-corrected chi connectivity index (χ1v) is 13.8. The van der Waals surface area contributed by atoms with E-state index >= 15 is 0 Å². The van der Waals surface area contributed by atoms with Crippen LogP contribution in [-0.4, -0.2) is 11.2 Å². The lowest BCUT2D eigenvalue weighted by Gasteiger charge is -2.22. The molecule has 0 spiro atoms. The van der Waals surface area contributed by atoms with Gasteiger partial charge in [0, 0.05) is 17.2 Å². The summed E-state index contributed by atoms with van der Waals surface area (Å²) in [5, 5.41) is 2.86. The molecule has 1 aromatic heterocycles. The second-order valence-corrected chi connectivity index (χ2v) is 10.8. The molecule has 4 aromatic rings. The molecule has 0 bridgehead atoms. The molecule has 184 valence electrons. The van der Waals surface area contributed by atoms with E-state index in [1.54, 1.807) is 11.3 Å². The van der Waals surface area contributed by atoms with Crippen molar-refractivity contribution in [2.24, 2.45) is 4.99 Å². The van der Waals surface area contributed by atoms with Crippen LogP contribution in [-0.2, 0) is 6.61 Å². The zero-order chi connectivity index (χ0) is 24.9. The monoisotopic (exact) mass is 494 g/mol. The Balaban J connectivity index is 1.18. The highest BCUT2D eigenvalue weighted by molar-refractivity contribution is 7.13. The largest absolute Gasteiger partial charge is 0.489 e. The Hall–Kier alpha value is -3.24. The molecule has 0 amide bonds. The Labute approximate surface area is 218 Å². The van der Waals surface area contributed by atoms with Crippen molar-refractivity contribution in [2.45, 2.75) is 65.4 Å².